The zero-order valence-corrected chi connectivity index (χ0v) is 21.3. The number of rotatable bonds is 6. The predicted octanol–water partition coefficient (Wildman–Crippen LogP) is 3.67. The number of para-hydroxylation sites is 2. The minimum absolute atomic E-state index is 0.0255. The fraction of sp³-hybridized carbons (Fsp3) is 0.172. The number of hydrogen-bond acceptors (Lipinski definition) is 6. The largest absolute Gasteiger partial charge is 0.484 e. The van der Waals surface area contributed by atoms with E-state index >= 15 is 0 Å². The predicted molar refractivity (Wildman–Crippen MR) is 148 cm³/mol. The molecule has 2 fully saturated rings. The average Bonchev–Trinajstić information content (AvgIpc) is 2.96. The van der Waals surface area contributed by atoms with Crippen molar-refractivity contribution in [2.45, 2.75) is 0 Å². The van der Waals surface area contributed by atoms with Gasteiger partial charge in [-0.05, 0) is 60.3 Å². The molecule has 0 unspecified atom stereocenters. The second kappa shape index (κ2) is 11.4. The molecule has 192 valence electrons. The molecule has 0 radical (unpaired) electrons. The maximum Gasteiger partial charge on any atom is 0.270 e. The molecule has 0 spiro atoms. The standard InChI is InChI=1S/C29H25N3O5S/c33-26(30-15-17-36-18-16-30)20-37-24-13-11-21(12-14-24)19-25-27(34)31(22-7-3-1-4-8-22)29(38)32(28(25)35)23-9-5-2-6-10-23/h1-14,19H,15-18,20H2. The van der Waals surface area contributed by atoms with Crippen LogP contribution in [0.5, 0.6) is 5.75 Å². The van der Waals surface area contributed by atoms with Crippen molar-refractivity contribution in [2.75, 3.05) is 42.7 Å². The van der Waals surface area contributed by atoms with Crippen molar-refractivity contribution >= 4 is 52.5 Å². The molecule has 3 aromatic carbocycles. The maximum atomic E-state index is 13.6. The molecule has 0 bridgehead atoms. The van der Waals surface area contributed by atoms with Crippen LogP contribution in [-0.4, -0.2) is 60.6 Å². The van der Waals surface area contributed by atoms with Gasteiger partial charge in [0.1, 0.15) is 11.3 Å². The van der Waals surface area contributed by atoms with Crippen LogP contribution in [0, 0.1) is 0 Å². The first-order valence-corrected chi connectivity index (χ1v) is 12.6. The highest BCUT2D eigenvalue weighted by molar-refractivity contribution is 7.81. The second-order valence-electron chi connectivity index (χ2n) is 8.64. The van der Waals surface area contributed by atoms with E-state index in [0.717, 1.165) is 0 Å². The molecule has 5 rings (SSSR count). The monoisotopic (exact) mass is 527 g/mol. The van der Waals surface area contributed by atoms with E-state index in [1.54, 1.807) is 83.8 Å². The number of benzene rings is 3. The number of ether oxygens (including phenoxy) is 2. The van der Waals surface area contributed by atoms with Gasteiger partial charge in [-0.25, -0.2) is 0 Å². The van der Waals surface area contributed by atoms with E-state index in [2.05, 4.69) is 0 Å². The Hall–Kier alpha value is -4.34. The number of thiocarbonyl (C=S) groups is 1. The van der Waals surface area contributed by atoms with Crippen LogP contribution >= 0.6 is 12.2 Å². The number of nitrogens with zero attached hydrogens (tertiary/aromatic N) is 3. The van der Waals surface area contributed by atoms with Crippen LogP contribution in [0.2, 0.25) is 0 Å². The third kappa shape index (κ3) is 5.34. The molecular weight excluding hydrogens is 502 g/mol. The van der Waals surface area contributed by atoms with E-state index in [1.165, 1.54) is 9.80 Å². The SMILES string of the molecule is O=C(COc1ccc(C=C2C(=O)N(c3ccccc3)C(=S)N(c3ccccc3)C2=O)cc1)N1CCOCC1. The first-order valence-electron chi connectivity index (χ1n) is 12.2. The van der Waals surface area contributed by atoms with Gasteiger partial charge in [0.15, 0.2) is 11.7 Å². The lowest BCUT2D eigenvalue weighted by Crippen LogP contribution is -2.56. The molecule has 2 saturated heterocycles. The van der Waals surface area contributed by atoms with Crippen LogP contribution in [-0.2, 0) is 19.1 Å². The van der Waals surface area contributed by atoms with Crippen LogP contribution in [0.15, 0.2) is 90.5 Å². The minimum Gasteiger partial charge on any atom is -0.484 e. The van der Waals surface area contributed by atoms with Crippen molar-refractivity contribution in [3.63, 3.8) is 0 Å². The Morgan fingerprint density at radius 3 is 1.87 bits per heavy atom. The van der Waals surface area contributed by atoms with Crippen molar-refractivity contribution in [1.29, 1.82) is 0 Å². The lowest BCUT2D eigenvalue weighted by atomic mass is 10.0. The van der Waals surface area contributed by atoms with E-state index in [-0.39, 0.29) is 23.2 Å². The average molecular weight is 528 g/mol. The van der Waals surface area contributed by atoms with E-state index in [0.29, 0.717) is 49.0 Å². The summed E-state index contributed by atoms with van der Waals surface area (Å²) in [6, 6.07) is 24.8. The summed E-state index contributed by atoms with van der Waals surface area (Å²) in [5, 5.41) is 0.0863. The summed E-state index contributed by atoms with van der Waals surface area (Å²) in [4.78, 5) is 43.9. The number of anilines is 2. The first-order chi connectivity index (χ1) is 18.5. The third-order valence-corrected chi connectivity index (χ3v) is 6.56. The van der Waals surface area contributed by atoms with Crippen LogP contribution in [0.4, 0.5) is 11.4 Å². The van der Waals surface area contributed by atoms with Gasteiger partial charge in [-0.2, -0.15) is 0 Å². The molecule has 2 aliphatic rings. The summed E-state index contributed by atoms with van der Waals surface area (Å²) >= 11 is 5.63. The van der Waals surface area contributed by atoms with Gasteiger partial charge in [0.25, 0.3) is 17.7 Å². The second-order valence-corrected chi connectivity index (χ2v) is 9.01. The van der Waals surface area contributed by atoms with Gasteiger partial charge >= 0.3 is 0 Å². The van der Waals surface area contributed by atoms with Gasteiger partial charge < -0.3 is 14.4 Å². The molecule has 0 saturated carbocycles. The first kappa shape index (κ1) is 25.3. The summed E-state index contributed by atoms with van der Waals surface area (Å²) in [7, 11) is 0. The number of morpholine rings is 1. The fourth-order valence-electron chi connectivity index (χ4n) is 4.22. The molecule has 0 aliphatic carbocycles. The molecule has 3 amide bonds. The third-order valence-electron chi connectivity index (χ3n) is 6.20. The molecule has 3 aromatic rings. The number of carbonyl (C=O) groups is 3. The van der Waals surface area contributed by atoms with Crippen molar-refractivity contribution < 1.29 is 23.9 Å². The fourth-order valence-corrected chi connectivity index (χ4v) is 4.59. The van der Waals surface area contributed by atoms with Gasteiger partial charge in [0.05, 0.1) is 24.6 Å². The Morgan fingerprint density at radius 2 is 1.34 bits per heavy atom. The van der Waals surface area contributed by atoms with Crippen LogP contribution in [0.1, 0.15) is 5.56 Å². The topological polar surface area (TPSA) is 79.4 Å². The van der Waals surface area contributed by atoms with E-state index in [4.69, 9.17) is 21.7 Å². The zero-order chi connectivity index (χ0) is 26.5. The Morgan fingerprint density at radius 1 is 0.816 bits per heavy atom. The quantitative estimate of drug-likeness (QED) is 0.277. The molecule has 2 aliphatic heterocycles. The molecule has 38 heavy (non-hydrogen) atoms. The lowest BCUT2D eigenvalue weighted by Gasteiger charge is -2.36. The molecule has 2 heterocycles. The minimum atomic E-state index is -0.505. The van der Waals surface area contributed by atoms with Crippen LogP contribution in [0.25, 0.3) is 6.08 Å². The van der Waals surface area contributed by atoms with Crippen molar-refractivity contribution in [2.24, 2.45) is 0 Å². The highest BCUT2D eigenvalue weighted by atomic mass is 32.1. The Bertz CT molecular complexity index is 1310. The highest BCUT2D eigenvalue weighted by Gasteiger charge is 2.41. The molecule has 9 heteroatoms. The summed E-state index contributed by atoms with van der Waals surface area (Å²) in [6.07, 6.45) is 1.54. The number of hydrogen-bond donors (Lipinski definition) is 0. The Labute approximate surface area is 225 Å². The normalized spacial score (nSPS) is 16.1. The van der Waals surface area contributed by atoms with Crippen molar-refractivity contribution in [3.8, 4) is 5.75 Å². The smallest absolute Gasteiger partial charge is 0.270 e. The van der Waals surface area contributed by atoms with Crippen LogP contribution < -0.4 is 14.5 Å². The Balaban J connectivity index is 1.39. The maximum absolute atomic E-state index is 13.6. The molecular formula is C29H25N3O5S. The lowest BCUT2D eigenvalue weighted by molar-refractivity contribution is -0.137. The van der Waals surface area contributed by atoms with Crippen molar-refractivity contribution in [3.05, 3.63) is 96.1 Å². The molecule has 0 N–H and O–H groups in total. The molecule has 0 aromatic heterocycles. The summed E-state index contributed by atoms with van der Waals surface area (Å²) in [6.45, 7) is 2.09. The van der Waals surface area contributed by atoms with E-state index < -0.39 is 11.8 Å². The summed E-state index contributed by atoms with van der Waals surface area (Å²) < 4.78 is 10.9. The molecule has 0 atom stereocenters. The van der Waals surface area contributed by atoms with Gasteiger partial charge in [0.2, 0.25) is 0 Å². The van der Waals surface area contributed by atoms with Crippen molar-refractivity contribution in [1.82, 2.24) is 4.90 Å². The number of carbonyl (C=O) groups excluding carboxylic acids is 3. The summed E-state index contributed by atoms with van der Waals surface area (Å²) in [5.41, 5.74) is 1.73. The summed E-state index contributed by atoms with van der Waals surface area (Å²) in [5.74, 6) is -0.603. The zero-order valence-electron chi connectivity index (χ0n) is 20.5. The van der Waals surface area contributed by atoms with Gasteiger partial charge in [0, 0.05) is 13.1 Å². The highest BCUT2D eigenvalue weighted by Crippen LogP contribution is 2.30. The van der Waals surface area contributed by atoms with Gasteiger partial charge in [-0.3, -0.25) is 24.2 Å². The number of amides is 3. The molecule has 8 nitrogen and oxygen atoms in total. The van der Waals surface area contributed by atoms with Crippen LogP contribution in [0.3, 0.4) is 0 Å². The van der Waals surface area contributed by atoms with Gasteiger partial charge in [-0.1, -0.05) is 48.5 Å². The van der Waals surface area contributed by atoms with E-state index in [9.17, 15) is 14.4 Å². The Kier molecular flexibility index (Phi) is 7.57. The van der Waals surface area contributed by atoms with Gasteiger partial charge in [-0.15, -0.1) is 0 Å². The van der Waals surface area contributed by atoms with E-state index in [1.807, 2.05) is 12.1 Å².